The molecule has 5 nitrogen and oxygen atoms in total. The second-order valence-corrected chi connectivity index (χ2v) is 6.92. The van der Waals surface area contributed by atoms with E-state index < -0.39 is 0 Å². The number of carbonyl (C=O) groups excluding carboxylic acids is 2. The van der Waals surface area contributed by atoms with Crippen LogP contribution in [0.4, 0.5) is 0 Å². The van der Waals surface area contributed by atoms with Gasteiger partial charge < -0.3 is 10.2 Å². The van der Waals surface area contributed by atoms with Crippen LogP contribution in [0.25, 0.3) is 0 Å². The predicted molar refractivity (Wildman–Crippen MR) is 93.3 cm³/mol. The van der Waals surface area contributed by atoms with E-state index >= 15 is 0 Å². The van der Waals surface area contributed by atoms with Crippen LogP contribution in [0.3, 0.4) is 0 Å². The first-order valence-electron chi connectivity index (χ1n) is 8.47. The Kier molecular flexibility index (Phi) is 7.05. The molecule has 1 fully saturated rings. The zero-order valence-electron chi connectivity index (χ0n) is 14.1. The smallest absolute Gasteiger partial charge is 0.237 e. The van der Waals surface area contributed by atoms with Crippen molar-refractivity contribution in [1.29, 1.82) is 0 Å². The molecule has 2 rings (SSSR count). The topological polar surface area (TPSA) is 52.7 Å². The van der Waals surface area contributed by atoms with Crippen molar-refractivity contribution < 1.29 is 9.59 Å². The van der Waals surface area contributed by atoms with Crippen LogP contribution in [0.1, 0.15) is 38.0 Å². The first-order chi connectivity index (χ1) is 11.2. The van der Waals surface area contributed by atoms with Gasteiger partial charge in [0.1, 0.15) is 0 Å². The van der Waals surface area contributed by atoms with Crippen molar-refractivity contribution in [3.05, 3.63) is 22.4 Å². The molecule has 23 heavy (non-hydrogen) atoms. The molecule has 1 saturated heterocycles. The molecule has 6 heteroatoms. The number of nitrogens with one attached hydrogen (secondary N) is 1. The summed E-state index contributed by atoms with van der Waals surface area (Å²) in [6, 6.07) is 3.75. The number of amides is 2. The largest absolute Gasteiger partial charge is 0.353 e. The summed E-state index contributed by atoms with van der Waals surface area (Å²) < 4.78 is 0. The van der Waals surface area contributed by atoms with Gasteiger partial charge in [-0.05, 0) is 24.8 Å². The molecule has 2 heterocycles. The summed E-state index contributed by atoms with van der Waals surface area (Å²) >= 11 is 1.69. The zero-order valence-corrected chi connectivity index (χ0v) is 14.9. The molecule has 1 aromatic heterocycles. The van der Waals surface area contributed by atoms with E-state index in [4.69, 9.17) is 0 Å². The quantitative estimate of drug-likeness (QED) is 0.790. The highest BCUT2D eigenvalue weighted by molar-refractivity contribution is 7.09. The lowest BCUT2D eigenvalue weighted by Gasteiger charge is -2.35. The van der Waals surface area contributed by atoms with Crippen LogP contribution in [-0.4, -0.2) is 53.8 Å². The fourth-order valence-electron chi connectivity index (χ4n) is 2.88. The minimum Gasteiger partial charge on any atom is -0.353 e. The molecule has 0 spiro atoms. The van der Waals surface area contributed by atoms with Gasteiger partial charge in [0, 0.05) is 37.6 Å². The van der Waals surface area contributed by atoms with Crippen LogP contribution in [0.2, 0.25) is 0 Å². The van der Waals surface area contributed by atoms with Crippen LogP contribution in [0, 0.1) is 0 Å². The monoisotopic (exact) mass is 337 g/mol. The van der Waals surface area contributed by atoms with E-state index in [1.54, 1.807) is 11.3 Å². The van der Waals surface area contributed by atoms with Gasteiger partial charge in [0.05, 0.1) is 12.5 Å². The standard InChI is InChI=1S/C17H27N3O2S/c1-3-5-9-19(4-2)16(21)12-15-17(22)18-8-10-20(15)13-14-7-6-11-23-14/h6-7,11,15H,3-5,8-10,12-13H2,1-2H3,(H,18,22)/t15-/m1/s1. The number of rotatable bonds is 8. The van der Waals surface area contributed by atoms with Crippen molar-refractivity contribution in [2.45, 2.75) is 45.7 Å². The average Bonchev–Trinajstić information content (AvgIpc) is 3.04. The molecule has 0 unspecified atom stereocenters. The summed E-state index contributed by atoms with van der Waals surface area (Å²) in [4.78, 5) is 30.1. The van der Waals surface area contributed by atoms with E-state index in [1.807, 2.05) is 23.3 Å². The van der Waals surface area contributed by atoms with Crippen molar-refractivity contribution in [3.8, 4) is 0 Å². The molecule has 0 saturated carbocycles. The number of carbonyl (C=O) groups is 2. The van der Waals surface area contributed by atoms with Crippen molar-refractivity contribution in [2.24, 2.45) is 0 Å². The van der Waals surface area contributed by atoms with Crippen LogP contribution in [0.15, 0.2) is 17.5 Å². The number of thiophene rings is 1. The lowest BCUT2D eigenvalue weighted by atomic mass is 10.1. The van der Waals surface area contributed by atoms with Gasteiger partial charge in [0.15, 0.2) is 0 Å². The van der Waals surface area contributed by atoms with Gasteiger partial charge in [-0.3, -0.25) is 14.5 Å². The minimum absolute atomic E-state index is 0.0206. The van der Waals surface area contributed by atoms with Gasteiger partial charge in [-0.2, -0.15) is 0 Å². The highest BCUT2D eigenvalue weighted by Gasteiger charge is 2.32. The highest BCUT2D eigenvalue weighted by Crippen LogP contribution is 2.18. The van der Waals surface area contributed by atoms with Crippen LogP contribution in [0.5, 0.6) is 0 Å². The molecule has 1 aliphatic rings. The number of unbranched alkanes of at least 4 members (excludes halogenated alkanes) is 1. The number of nitrogens with zero attached hydrogens (tertiary/aromatic N) is 2. The predicted octanol–water partition coefficient (Wildman–Crippen LogP) is 2.09. The van der Waals surface area contributed by atoms with Crippen molar-refractivity contribution in [2.75, 3.05) is 26.2 Å². The maximum absolute atomic E-state index is 12.6. The van der Waals surface area contributed by atoms with E-state index in [1.165, 1.54) is 4.88 Å². The summed E-state index contributed by atoms with van der Waals surface area (Å²) in [5.41, 5.74) is 0. The molecule has 0 radical (unpaired) electrons. The SMILES string of the molecule is CCCCN(CC)C(=O)C[C@@H]1C(=O)NCCN1Cc1cccs1. The van der Waals surface area contributed by atoms with Gasteiger partial charge in [-0.15, -0.1) is 11.3 Å². The van der Waals surface area contributed by atoms with E-state index in [-0.39, 0.29) is 24.3 Å². The molecule has 1 aliphatic heterocycles. The number of hydrogen-bond donors (Lipinski definition) is 1. The summed E-state index contributed by atoms with van der Waals surface area (Å²) in [7, 11) is 0. The summed E-state index contributed by atoms with van der Waals surface area (Å²) in [6.07, 6.45) is 2.35. The first-order valence-corrected chi connectivity index (χ1v) is 9.35. The lowest BCUT2D eigenvalue weighted by Crippen LogP contribution is -2.56. The molecule has 1 atom stereocenters. The minimum atomic E-state index is -0.353. The zero-order chi connectivity index (χ0) is 16.7. The van der Waals surface area contributed by atoms with Gasteiger partial charge in [0.2, 0.25) is 11.8 Å². The van der Waals surface area contributed by atoms with Crippen LogP contribution >= 0.6 is 11.3 Å². The summed E-state index contributed by atoms with van der Waals surface area (Å²) in [5, 5.41) is 4.94. The van der Waals surface area contributed by atoms with E-state index in [2.05, 4.69) is 23.2 Å². The van der Waals surface area contributed by atoms with Gasteiger partial charge in [-0.1, -0.05) is 19.4 Å². The number of piperazine rings is 1. The third-order valence-electron chi connectivity index (χ3n) is 4.26. The first kappa shape index (κ1) is 17.9. The molecule has 0 aliphatic carbocycles. The maximum Gasteiger partial charge on any atom is 0.237 e. The molecule has 0 bridgehead atoms. The fraction of sp³-hybridized carbons (Fsp3) is 0.647. The highest BCUT2D eigenvalue weighted by atomic mass is 32.1. The Morgan fingerprint density at radius 1 is 1.48 bits per heavy atom. The molecule has 128 valence electrons. The van der Waals surface area contributed by atoms with Gasteiger partial charge in [-0.25, -0.2) is 0 Å². The Morgan fingerprint density at radius 2 is 2.30 bits per heavy atom. The lowest BCUT2D eigenvalue weighted by molar-refractivity contribution is -0.139. The molecule has 1 N–H and O–H groups in total. The van der Waals surface area contributed by atoms with Gasteiger partial charge in [0.25, 0.3) is 0 Å². The molecule has 0 aromatic carbocycles. The molecule has 1 aromatic rings. The Bertz CT molecular complexity index is 504. The summed E-state index contributed by atoms with van der Waals surface area (Å²) in [6.45, 7) is 7.80. The number of hydrogen-bond acceptors (Lipinski definition) is 4. The molecule has 2 amide bonds. The summed E-state index contributed by atoms with van der Waals surface area (Å²) in [5.74, 6) is 0.0619. The average molecular weight is 337 g/mol. The second kappa shape index (κ2) is 9.03. The Morgan fingerprint density at radius 3 is 2.96 bits per heavy atom. The van der Waals surface area contributed by atoms with E-state index in [0.717, 1.165) is 32.5 Å². The normalized spacial score (nSPS) is 18.7. The van der Waals surface area contributed by atoms with E-state index in [0.29, 0.717) is 13.1 Å². The Labute approximate surface area is 142 Å². The maximum atomic E-state index is 12.6. The van der Waals surface area contributed by atoms with E-state index in [9.17, 15) is 9.59 Å². The Balaban J connectivity index is 2.00. The van der Waals surface area contributed by atoms with Crippen LogP contribution in [-0.2, 0) is 16.1 Å². The second-order valence-electron chi connectivity index (χ2n) is 5.89. The fourth-order valence-corrected chi connectivity index (χ4v) is 3.61. The third kappa shape index (κ3) is 5.04. The van der Waals surface area contributed by atoms with Crippen molar-refractivity contribution in [1.82, 2.24) is 15.1 Å². The third-order valence-corrected chi connectivity index (χ3v) is 5.13. The molecular weight excluding hydrogens is 310 g/mol. The molecular formula is C17H27N3O2S. The van der Waals surface area contributed by atoms with Gasteiger partial charge >= 0.3 is 0 Å². The Hall–Kier alpha value is -1.40. The van der Waals surface area contributed by atoms with Crippen LogP contribution < -0.4 is 5.32 Å². The van der Waals surface area contributed by atoms with Crippen molar-refractivity contribution >= 4 is 23.2 Å². The van der Waals surface area contributed by atoms with Crippen molar-refractivity contribution in [3.63, 3.8) is 0 Å².